The van der Waals surface area contributed by atoms with Crippen LogP contribution in [0.1, 0.15) is 11.1 Å². The van der Waals surface area contributed by atoms with E-state index in [1.807, 2.05) is 109 Å². The maximum Gasteiger partial charge on any atom is 0.221 e. The first kappa shape index (κ1) is 27.1. The topological polar surface area (TPSA) is 74.2 Å². The Labute approximate surface area is 275 Å². The molecule has 0 atom stereocenters. The number of para-hydroxylation sites is 3. The molecule has 0 unspecified atom stereocenters. The van der Waals surface area contributed by atoms with Gasteiger partial charge in [0.25, 0.3) is 0 Å². The van der Waals surface area contributed by atoms with Crippen LogP contribution in [0.15, 0.2) is 133 Å². The van der Waals surface area contributed by atoms with Gasteiger partial charge in [0, 0.05) is 27.3 Å². The minimum absolute atomic E-state index is 0.238. The number of hydrogen-bond acceptors (Lipinski definition) is 3. The van der Waals surface area contributed by atoms with Crippen molar-refractivity contribution >= 4 is 55.1 Å². The molecule has 0 aliphatic carbocycles. The van der Waals surface area contributed by atoms with Gasteiger partial charge >= 0.3 is 0 Å². The Bertz CT molecular complexity index is 2830. The van der Waals surface area contributed by atoms with E-state index in [1.165, 1.54) is 0 Å². The van der Waals surface area contributed by atoms with Crippen LogP contribution in [-0.4, -0.2) is 14.0 Å². The van der Waals surface area contributed by atoms with Crippen molar-refractivity contribution in [3.8, 4) is 40.1 Å². The van der Waals surface area contributed by atoms with E-state index in [4.69, 9.17) is 11.6 Å². The summed E-state index contributed by atoms with van der Waals surface area (Å²) in [5.41, 5.74) is 7.86. The summed E-state index contributed by atoms with van der Waals surface area (Å²) < 4.78 is 4.22. The lowest BCUT2D eigenvalue weighted by molar-refractivity contribution is 1.11. The van der Waals surface area contributed by atoms with Gasteiger partial charge in [-0.25, -0.2) is 9.83 Å². The van der Waals surface area contributed by atoms with Crippen molar-refractivity contribution in [3.05, 3.63) is 156 Å². The largest absolute Gasteiger partial charge is 0.304 e. The Kier molecular flexibility index (Phi) is 5.90. The van der Waals surface area contributed by atoms with Crippen LogP contribution in [0, 0.1) is 29.2 Å². The average molecular weight is 611 g/mol. The molecule has 6 aromatic carbocycles. The minimum Gasteiger partial charge on any atom is -0.304 e. The van der Waals surface area contributed by atoms with Crippen molar-refractivity contribution in [2.75, 3.05) is 0 Å². The Morgan fingerprint density at radius 3 is 1.81 bits per heavy atom. The van der Waals surface area contributed by atoms with E-state index in [-0.39, 0.29) is 11.3 Å². The number of fused-ring (bicyclic) bond motifs is 10. The fourth-order valence-corrected chi connectivity index (χ4v) is 7.30. The molecule has 0 spiro atoms. The maximum atomic E-state index is 11.1. The smallest absolute Gasteiger partial charge is 0.221 e. The summed E-state index contributed by atoms with van der Waals surface area (Å²) >= 11 is 0. The number of rotatable bonds is 3. The van der Waals surface area contributed by atoms with Crippen molar-refractivity contribution in [1.29, 1.82) is 10.5 Å². The molecule has 220 valence electrons. The molecule has 9 rings (SSSR count). The third-order valence-corrected chi connectivity index (χ3v) is 9.19. The molecule has 3 heterocycles. The highest BCUT2D eigenvalue weighted by Crippen LogP contribution is 2.49. The van der Waals surface area contributed by atoms with E-state index >= 15 is 0 Å². The van der Waals surface area contributed by atoms with Crippen LogP contribution in [-0.2, 0) is 0 Å². The van der Waals surface area contributed by atoms with Gasteiger partial charge in [0.05, 0.1) is 46.0 Å². The molecular weight excluding hydrogens is 589 g/mol. The van der Waals surface area contributed by atoms with Crippen molar-refractivity contribution in [2.45, 2.75) is 0 Å². The van der Waals surface area contributed by atoms with Gasteiger partial charge in [-0.1, -0.05) is 115 Å². The molecule has 0 radical (unpaired) electrons. The molecule has 6 heteroatoms. The molecule has 48 heavy (non-hydrogen) atoms. The second-order valence-electron chi connectivity index (χ2n) is 11.6. The summed E-state index contributed by atoms with van der Waals surface area (Å²) in [5.74, 6) is 0. The zero-order valence-corrected chi connectivity index (χ0v) is 25.4. The van der Waals surface area contributed by atoms with Crippen molar-refractivity contribution < 1.29 is 0 Å². The summed E-state index contributed by atoms with van der Waals surface area (Å²) in [7, 11) is 0. The van der Waals surface area contributed by atoms with Gasteiger partial charge in [0.1, 0.15) is 17.4 Å². The summed E-state index contributed by atoms with van der Waals surface area (Å²) in [6.07, 6.45) is 0. The summed E-state index contributed by atoms with van der Waals surface area (Å²) in [4.78, 5) is 9.29. The van der Waals surface area contributed by atoms with Crippen molar-refractivity contribution in [2.24, 2.45) is 0 Å². The van der Waals surface area contributed by atoms with Crippen molar-refractivity contribution in [3.63, 3.8) is 0 Å². The second kappa shape index (κ2) is 10.4. The molecule has 0 amide bonds. The van der Waals surface area contributed by atoms with Crippen LogP contribution in [0.3, 0.4) is 0 Å². The second-order valence-corrected chi connectivity index (χ2v) is 11.6. The predicted octanol–water partition coefficient (Wildman–Crippen LogP) is 10.4. The first-order chi connectivity index (χ1) is 23.7. The molecule has 0 aliphatic heterocycles. The maximum absolute atomic E-state index is 11.1. The summed E-state index contributed by atoms with van der Waals surface area (Å²) in [6.45, 7) is 8.68. The third kappa shape index (κ3) is 3.62. The predicted molar refractivity (Wildman–Crippen MR) is 191 cm³/mol. The highest BCUT2D eigenvalue weighted by molar-refractivity contribution is 6.24. The number of nitriles is 2. The summed E-state index contributed by atoms with van der Waals surface area (Å²) in [6, 6.07) is 48.4. The molecule has 3 aromatic heterocycles. The van der Waals surface area contributed by atoms with Gasteiger partial charge in [0.15, 0.2) is 0 Å². The number of imidazole rings is 1. The highest BCUT2D eigenvalue weighted by Gasteiger charge is 2.30. The van der Waals surface area contributed by atoms with Gasteiger partial charge in [-0.05, 0) is 34.7 Å². The molecular formula is C42H22N6. The molecule has 9 aromatic rings. The fraction of sp³-hybridized carbons (Fsp3) is 0. The average Bonchev–Trinajstić information content (AvgIpc) is 3.71. The van der Waals surface area contributed by atoms with Crippen LogP contribution in [0.5, 0.6) is 0 Å². The lowest BCUT2D eigenvalue weighted by Gasteiger charge is -2.21. The first-order valence-electron chi connectivity index (χ1n) is 15.5. The highest BCUT2D eigenvalue weighted by atomic mass is 15.1. The minimum atomic E-state index is 0.238. The number of nitrogens with zero attached hydrogens (tertiary/aromatic N) is 6. The lowest BCUT2D eigenvalue weighted by Crippen LogP contribution is -2.06. The van der Waals surface area contributed by atoms with Crippen LogP contribution in [0.25, 0.3) is 82.2 Å². The van der Waals surface area contributed by atoms with Crippen molar-refractivity contribution in [1.82, 2.24) is 14.0 Å². The van der Waals surface area contributed by atoms with Gasteiger partial charge in [-0.3, -0.25) is 4.40 Å². The molecule has 0 bridgehead atoms. The SMILES string of the molecule is [C-]#[N+]c1c(-c2ccccc2)c(C#N)c(-c2ccccc2)c(C#N)c1-n1c2ccccc2c2c3ccccc3c3nc4ccccc4n3c21. The number of pyridine rings is 1. The van der Waals surface area contributed by atoms with E-state index in [0.717, 1.165) is 60.5 Å². The van der Waals surface area contributed by atoms with Crippen LogP contribution < -0.4 is 0 Å². The van der Waals surface area contributed by atoms with Crippen LogP contribution >= 0.6 is 0 Å². The monoisotopic (exact) mass is 610 g/mol. The Balaban J connectivity index is 1.63. The van der Waals surface area contributed by atoms with Crippen LogP contribution in [0.4, 0.5) is 5.69 Å². The lowest BCUT2D eigenvalue weighted by atomic mass is 9.86. The molecule has 0 saturated carbocycles. The van der Waals surface area contributed by atoms with E-state index in [0.29, 0.717) is 22.4 Å². The third-order valence-electron chi connectivity index (χ3n) is 9.19. The summed E-state index contributed by atoms with van der Waals surface area (Å²) in [5, 5.41) is 25.9. The van der Waals surface area contributed by atoms with Gasteiger partial charge in [-0.15, -0.1) is 0 Å². The Hall–Kier alpha value is -7.20. The van der Waals surface area contributed by atoms with Gasteiger partial charge in [0.2, 0.25) is 5.69 Å². The Morgan fingerprint density at radius 2 is 1.15 bits per heavy atom. The Morgan fingerprint density at radius 1 is 0.583 bits per heavy atom. The van der Waals surface area contributed by atoms with E-state index in [9.17, 15) is 10.5 Å². The molecule has 6 nitrogen and oxygen atoms in total. The van der Waals surface area contributed by atoms with E-state index in [2.05, 4.69) is 50.2 Å². The number of hydrogen-bond donors (Lipinski definition) is 0. The van der Waals surface area contributed by atoms with Crippen LogP contribution in [0.2, 0.25) is 0 Å². The quantitative estimate of drug-likeness (QED) is 0.187. The molecule has 0 N–H and O–H groups in total. The molecule has 0 aliphatic rings. The molecule has 0 saturated heterocycles. The molecule has 0 fully saturated rings. The zero-order valence-electron chi connectivity index (χ0n) is 25.4. The standard InChI is InChI=1S/C42H22N6/c1-45-39-37(27-16-6-3-7-17-27)31(24-43)36(26-14-4-2-5-15-26)32(25-44)40(39)47-34-22-12-10-20-30(34)38-28-18-8-9-19-29(28)41-46-33-21-11-13-23-35(33)48(41)42(38)47/h2-23H. The number of aromatic nitrogens is 3. The number of benzene rings is 6. The van der Waals surface area contributed by atoms with E-state index < -0.39 is 0 Å². The zero-order chi connectivity index (χ0) is 32.4. The normalized spacial score (nSPS) is 11.3. The van der Waals surface area contributed by atoms with Gasteiger partial charge < -0.3 is 4.57 Å². The van der Waals surface area contributed by atoms with E-state index in [1.54, 1.807) is 0 Å². The van der Waals surface area contributed by atoms with Gasteiger partial charge in [-0.2, -0.15) is 10.5 Å². The fourth-order valence-electron chi connectivity index (χ4n) is 7.30. The first-order valence-corrected chi connectivity index (χ1v) is 15.5.